The fraction of sp³-hybridized carbons (Fsp3) is 0.517. The molecule has 47 heavy (non-hydrogen) atoms. The molecular weight excluding hydrogens is 618 g/mol. The Morgan fingerprint density at radius 1 is 0.787 bits per heavy atom. The minimum atomic E-state index is -1.55. The number of nitrogens with two attached hydrogens (primary N) is 3. The number of rotatable bonds is 12. The molecule has 1 fully saturated rings. The number of carbonyl (C=O) groups is 7. The molecule has 4 atom stereocenters. The molecule has 13 N–H and O–H groups in total. The van der Waals surface area contributed by atoms with Gasteiger partial charge in [0, 0.05) is 19.9 Å². The Morgan fingerprint density at radius 3 is 1.89 bits per heavy atom. The van der Waals surface area contributed by atoms with Crippen molar-refractivity contribution in [2.45, 2.75) is 76.0 Å². The first-order valence-electron chi connectivity index (χ1n) is 14.9. The van der Waals surface area contributed by atoms with E-state index in [0.29, 0.717) is 31.4 Å². The van der Waals surface area contributed by atoms with Crippen molar-refractivity contribution in [1.29, 1.82) is 0 Å². The Morgan fingerprint density at radius 2 is 1.32 bits per heavy atom. The van der Waals surface area contributed by atoms with E-state index in [1.807, 2.05) is 0 Å². The maximum atomic E-state index is 13.6. The van der Waals surface area contributed by atoms with Crippen molar-refractivity contribution in [3.63, 3.8) is 0 Å². The Hall–Kier alpha value is -5.26. The summed E-state index contributed by atoms with van der Waals surface area (Å²) in [5, 5.41) is 29.3. The maximum Gasteiger partial charge on any atom is 0.305 e. The van der Waals surface area contributed by atoms with Crippen molar-refractivity contribution in [1.82, 2.24) is 26.6 Å². The van der Waals surface area contributed by atoms with Crippen molar-refractivity contribution < 1.29 is 43.8 Å². The predicted molar refractivity (Wildman–Crippen MR) is 169 cm³/mol. The standard InChI is InChI=1S/C27H41N9O7.C2H4O2/c28-11-5-4-9-18-24(41)34-17(10-6-12-31-27(29)30)23(40)32-15-21(37)33-20(14-22(38)39)26(43)36-19(25(42)35-18)13-16-7-2-1-3-8-16;1-2(3)4/h1-3,7-8,17-20H,4-6,9-15,28H2,(H,32,40)(H,33,37)(H,34,41)(H,35,42)(H,36,43)(H,38,39)(H4,29,30,31);1H3,(H,3,4)/t17-,18-,19+,20-;/m0./s1. The predicted octanol–water partition coefficient (Wildman–Crippen LogP) is -2.95. The third kappa shape index (κ3) is 17.1. The van der Waals surface area contributed by atoms with E-state index in [1.54, 1.807) is 30.3 Å². The van der Waals surface area contributed by atoms with Gasteiger partial charge in [-0.15, -0.1) is 0 Å². The van der Waals surface area contributed by atoms with E-state index in [0.717, 1.165) is 6.92 Å². The monoisotopic (exact) mass is 663 g/mol. The Balaban J connectivity index is 0.00000260. The Bertz CT molecular complexity index is 1250. The van der Waals surface area contributed by atoms with Crippen molar-refractivity contribution in [2.75, 3.05) is 19.6 Å². The molecule has 0 bridgehead atoms. The van der Waals surface area contributed by atoms with Crippen LogP contribution in [0.3, 0.4) is 0 Å². The number of carboxylic acid groups (broad SMARTS) is 2. The molecule has 2 rings (SSSR count). The van der Waals surface area contributed by atoms with Crippen molar-refractivity contribution in [3.8, 4) is 0 Å². The van der Waals surface area contributed by atoms with Gasteiger partial charge >= 0.3 is 5.97 Å². The zero-order valence-corrected chi connectivity index (χ0v) is 26.2. The summed E-state index contributed by atoms with van der Waals surface area (Å²) < 4.78 is 0. The van der Waals surface area contributed by atoms with Crippen LogP contribution in [0.25, 0.3) is 0 Å². The number of aliphatic carboxylic acids is 2. The summed E-state index contributed by atoms with van der Waals surface area (Å²) in [4.78, 5) is 90.1. The summed E-state index contributed by atoms with van der Waals surface area (Å²) in [7, 11) is 0. The molecule has 0 aliphatic carbocycles. The summed E-state index contributed by atoms with van der Waals surface area (Å²) in [6.07, 6.45) is 0.854. The fourth-order valence-corrected chi connectivity index (χ4v) is 4.33. The molecule has 0 aromatic heterocycles. The van der Waals surface area contributed by atoms with Gasteiger partial charge in [-0.25, -0.2) is 0 Å². The molecule has 260 valence electrons. The number of carbonyl (C=O) groups excluding carboxylic acids is 5. The van der Waals surface area contributed by atoms with Gasteiger partial charge in [0.25, 0.3) is 5.97 Å². The van der Waals surface area contributed by atoms with Gasteiger partial charge in [0.05, 0.1) is 13.0 Å². The topological polar surface area (TPSA) is 311 Å². The Kier molecular flexibility index (Phi) is 18.2. The van der Waals surface area contributed by atoms with Crippen LogP contribution >= 0.6 is 0 Å². The maximum absolute atomic E-state index is 13.6. The van der Waals surface area contributed by atoms with E-state index in [2.05, 4.69) is 31.6 Å². The first-order chi connectivity index (χ1) is 22.2. The Labute approximate surface area is 271 Å². The lowest BCUT2D eigenvalue weighted by molar-refractivity contribution is -0.141. The molecule has 1 saturated heterocycles. The highest BCUT2D eigenvalue weighted by atomic mass is 16.4. The molecule has 0 radical (unpaired) electrons. The van der Waals surface area contributed by atoms with Crippen molar-refractivity contribution in [2.24, 2.45) is 22.2 Å². The molecule has 18 nitrogen and oxygen atoms in total. The molecule has 0 spiro atoms. The number of amides is 5. The molecule has 0 unspecified atom stereocenters. The third-order valence-electron chi connectivity index (χ3n) is 6.53. The van der Waals surface area contributed by atoms with Crippen LogP contribution in [-0.4, -0.2) is 101 Å². The van der Waals surface area contributed by atoms with Gasteiger partial charge < -0.3 is 54.0 Å². The minimum absolute atomic E-state index is 0.0107. The van der Waals surface area contributed by atoms with Gasteiger partial charge in [-0.3, -0.25) is 38.6 Å². The van der Waals surface area contributed by atoms with E-state index in [4.69, 9.17) is 27.1 Å². The summed E-state index contributed by atoms with van der Waals surface area (Å²) in [5.41, 5.74) is 17.0. The van der Waals surface area contributed by atoms with Crippen LogP contribution < -0.4 is 43.8 Å². The van der Waals surface area contributed by atoms with E-state index in [9.17, 15) is 33.9 Å². The van der Waals surface area contributed by atoms with Gasteiger partial charge in [-0.1, -0.05) is 30.3 Å². The van der Waals surface area contributed by atoms with Gasteiger partial charge in [0.15, 0.2) is 5.96 Å². The fourth-order valence-electron chi connectivity index (χ4n) is 4.33. The van der Waals surface area contributed by atoms with Crippen LogP contribution in [-0.2, 0) is 40.0 Å². The summed E-state index contributed by atoms with van der Waals surface area (Å²) in [6, 6.07) is 3.75. The lowest BCUT2D eigenvalue weighted by Crippen LogP contribution is -2.58. The van der Waals surface area contributed by atoms with Crippen molar-refractivity contribution >= 4 is 47.4 Å². The largest absolute Gasteiger partial charge is 0.481 e. The van der Waals surface area contributed by atoms with Crippen LogP contribution in [0, 0.1) is 0 Å². The number of benzene rings is 1. The van der Waals surface area contributed by atoms with E-state index in [1.165, 1.54) is 0 Å². The molecule has 1 aromatic rings. The van der Waals surface area contributed by atoms with E-state index < -0.39 is 78.6 Å². The summed E-state index contributed by atoms with van der Waals surface area (Å²) >= 11 is 0. The number of nitrogens with zero attached hydrogens (tertiary/aromatic N) is 1. The van der Waals surface area contributed by atoms with Gasteiger partial charge in [0.2, 0.25) is 29.5 Å². The molecule has 0 saturated carbocycles. The number of nitrogens with one attached hydrogen (secondary N) is 5. The van der Waals surface area contributed by atoms with Gasteiger partial charge in [-0.05, 0) is 44.2 Å². The van der Waals surface area contributed by atoms with Gasteiger partial charge in [0.1, 0.15) is 24.2 Å². The molecule has 1 heterocycles. The van der Waals surface area contributed by atoms with Crippen LogP contribution in [0.1, 0.15) is 51.0 Å². The van der Waals surface area contributed by atoms with Crippen LogP contribution in [0.15, 0.2) is 35.3 Å². The number of guanidine groups is 1. The first kappa shape index (κ1) is 39.8. The number of hydrogen-bond acceptors (Lipinski definition) is 9. The number of unbranched alkanes of at least 4 members (excludes halogenated alkanes) is 1. The average molecular weight is 664 g/mol. The minimum Gasteiger partial charge on any atom is -0.481 e. The summed E-state index contributed by atoms with van der Waals surface area (Å²) in [6.45, 7) is 1.01. The van der Waals surface area contributed by atoms with Crippen LogP contribution in [0.2, 0.25) is 0 Å². The molecule has 1 aliphatic rings. The highest BCUT2D eigenvalue weighted by molar-refractivity contribution is 5.98. The lowest BCUT2D eigenvalue weighted by Gasteiger charge is -2.26. The zero-order valence-electron chi connectivity index (χ0n) is 26.2. The summed E-state index contributed by atoms with van der Waals surface area (Å²) in [5.74, 6) is -6.19. The second-order valence-corrected chi connectivity index (χ2v) is 10.6. The van der Waals surface area contributed by atoms with Crippen LogP contribution in [0.4, 0.5) is 0 Å². The molecular formula is C29H45N9O9. The zero-order chi connectivity index (χ0) is 35.4. The first-order valence-corrected chi connectivity index (χ1v) is 14.9. The van der Waals surface area contributed by atoms with E-state index >= 15 is 0 Å². The lowest BCUT2D eigenvalue weighted by atomic mass is 10.0. The third-order valence-corrected chi connectivity index (χ3v) is 6.53. The molecule has 1 aromatic carbocycles. The number of aliphatic imine (C=N–C) groups is 1. The quantitative estimate of drug-likeness (QED) is 0.0610. The molecule has 1 aliphatic heterocycles. The van der Waals surface area contributed by atoms with Gasteiger partial charge in [-0.2, -0.15) is 0 Å². The van der Waals surface area contributed by atoms with Crippen molar-refractivity contribution in [3.05, 3.63) is 35.9 Å². The second-order valence-electron chi connectivity index (χ2n) is 10.6. The van der Waals surface area contributed by atoms with E-state index in [-0.39, 0.29) is 31.8 Å². The molecule has 18 heteroatoms. The smallest absolute Gasteiger partial charge is 0.305 e. The molecule has 5 amide bonds. The number of hydrogen-bond donors (Lipinski definition) is 10. The number of carboxylic acids is 2. The normalized spacial score (nSPS) is 20.7. The highest BCUT2D eigenvalue weighted by Crippen LogP contribution is 2.09. The highest BCUT2D eigenvalue weighted by Gasteiger charge is 2.33. The van der Waals surface area contributed by atoms with Crippen LogP contribution in [0.5, 0.6) is 0 Å². The average Bonchev–Trinajstić information content (AvgIpc) is 2.99. The SMILES string of the molecule is CC(=O)O.NCCCC[C@@H]1NC(=O)[C@@H](Cc2ccccc2)NC(=O)[C@H](CC(=O)O)NC(=O)CNC(=O)[C@H](CCCN=C(N)N)NC1=O. The second kappa shape index (κ2) is 21.5.